The third kappa shape index (κ3) is 3.18. The molecule has 1 heterocycles. The van der Waals surface area contributed by atoms with Gasteiger partial charge < -0.3 is 5.11 Å². The fraction of sp³-hybridized carbons (Fsp3) is 0.368. The summed E-state index contributed by atoms with van der Waals surface area (Å²) >= 11 is 0. The molecule has 132 valence electrons. The van der Waals surface area contributed by atoms with Crippen LogP contribution in [0.1, 0.15) is 43.0 Å². The molecule has 0 saturated heterocycles. The minimum absolute atomic E-state index is 0.0252. The van der Waals surface area contributed by atoms with Gasteiger partial charge in [0.2, 0.25) is 0 Å². The van der Waals surface area contributed by atoms with E-state index in [0.717, 1.165) is 12.1 Å². The molecule has 1 aliphatic carbocycles. The first-order valence-electron chi connectivity index (χ1n) is 8.08. The first-order valence-corrected chi connectivity index (χ1v) is 8.08. The molecule has 3 nitrogen and oxygen atoms in total. The number of carbonyl (C=O) groups excluding carboxylic acids is 1. The highest BCUT2D eigenvalue weighted by molar-refractivity contribution is 5.89. The predicted molar refractivity (Wildman–Crippen MR) is 85.5 cm³/mol. The number of rotatable bonds is 4. The minimum Gasteiger partial charge on any atom is -0.384 e. The lowest BCUT2D eigenvalue weighted by Gasteiger charge is -2.37. The van der Waals surface area contributed by atoms with E-state index in [9.17, 15) is 18.7 Å². The highest BCUT2D eigenvalue weighted by atomic mass is 19.1. The van der Waals surface area contributed by atoms with E-state index in [2.05, 4.69) is 4.98 Å². The molecule has 6 heteroatoms. The highest BCUT2D eigenvalue weighted by Gasteiger charge is 2.49. The van der Waals surface area contributed by atoms with Crippen LogP contribution in [0.3, 0.4) is 0 Å². The normalized spacial score (nSPS) is 25.5. The van der Waals surface area contributed by atoms with Gasteiger partial charge in [0.05, 0.1) is 5.69 Å². The quantitative estimate of drug-likeness (QED) is 0.915. The lowest BCUT2D eigenvalue weighted by Crippen LogP contribution is -2.42. The van der Waals surface area contributed by atoms with Gasteiger partial charge in [-0.2, -0.15) is 0 Å². The summed E-state index contributed by atoms with van der Waals surface area (Å²) in [6, 6.07) is 6.06. The molecule has 2 aromatic rings. The van der Waals surface area contributed by atoms with E-state index in [1.807, 2.05) is 0 Å². The Hall–Kier alpha value is -2.21. The van der Waals surface area contributed by atoms with E-state index in [-0.39, 0.29) is 42.5 Å². The molecule has 0 unspecified atom stereocenters. The Morgan fingerprint density at radius 3 is 2.76 bits per heavy atom. The van der Waals surface area contributed by atoms with E-state index in [1.54, 1.807) is 0 Å². The summed E-state index contributed by atoms with van der Waals surface area (Å²) in [6.45, 7) is 1.54. The van der Waals surface area contributed by atoms with Crippen LogP contribution in [0.25, 0.3) is 0 Å². The largest absolute Gasteiger partial charge is 0.384 e. The molecule has 3 rings (SSSR count). The Labute approximate surface area is 143 Å². The van der Waals surface area contributed by atoms with Gasteiger partial charge in [-0.05, 0) is 43.9 Å². The predicted octanol–water partition coefficient (Wildman–Crippen LogP) is 3.73. The maximum absolute atomic E-state index is 15.5. The monoisotopic (exact) mass is 349 g/mol. The first kappa shape index (κ1) is 17.6. The zero-order valence-corrected chi connectivity index (χ0v) is 13.7. The number of hydrogen-bond acceptors (Lipinski definition) is 3. The summed E-state index contributed by atoms with van der Waals surface area (Å²) in [6.07, 6.45) is 1.09. The van der Waals surface area contributed by atoms with Crippen molar-refractivity contribution in [2.45, 2.75) is 43.9 Å². The van der Waals surface area contributed by atoms with Gasteiger partial charge in [-0.3, -0.25) is 9.78 Å². The summed E-state index contributed by atoms with van der Waals surface area (Å²) in [5, 5.41) is 10.4. The van der Waals surface area contributed by atoms with Crippen molar-refractivity contribution in [3.05, 3.63) is 65.0 Å². The Bertz CT molecular complexity index is 822. The van der Waals surface area contributed by atoms with Crippen molar-refractivity contribution in [2.24, 2.45) is 0 Å². The lowest BCUT2D eigenvalue weighted by molar-refractivity contribution is -0.134. The van der Waals surface area contributed by atoms with E-state index < -0.39 is 28.7 Å². The zero-order chi connectivity index (χ0) is 18.2. The molecule has 1 aliphatic rings. The molecule has 0 amide bonds. The van der Waals surface area contributed by atoms with Crippen LogP contribution in [0, 0.1) is 11.6 Å². The fourth-order valence-corrected chi connectivity index (χ4v) is 3.28. The van der Waals surface area contributed by atoms with Gasteiger partial charge in [0.1, 0.15) is 17.2 Å². The van der Waals surface area contributed by atoms with Crippen LogP contribution in [0.5, 0.6) is 0 Å². The van der Waals surface area contributed by atoms with Crippen LogP contribution in [-0.4, -0.2) is 15.9 Å². The molecular weight excluding hydrogens is 331 g/mol. The number of benzene rings is 1. The van der Waals surface area contributed by atoms with Crippen molar-refractivity contribution in [3.8, 4) is 0 Å². The molecule has 2 atom stereocenters. The van der Waals surface area contributed by atoms with E-state index in [0.29, 0.717) is 0 Å². The number of fused-ring (bicyclic) bond motifs is 1. The maximum Gasteiger partial charge on any atom is 0.195 e. The molecular formula is C19H18F3NO2. The van der Waals surface area contributed by atoms with Crippen LogP contribution in [0.2, 0.25) is 0 Å². The molecule has 1 N–H and O–H groups in total. The number of halogens is 3. The number of ketones is 1. The third-order valence-electron chi connectivity index (χ3n) is 4.78. The Morgan fingerprint density at radius 2 is 2.04 bits per heavy atom. The van der Waals surface area contributed by atoms with E-state index in [4.69, 9.17) is 0 Å². The van der Waals surface area contributed by atoms with Gasteiger partial charge in [-0.15, -0.1) is 0 Å². The van der Waals surface area contributed by atoms with Crippen molar-refractivity contribution in [2.75, 3.05) is 0 Å². The Kier molecular flexibility index (Phi) is 4.41. The summed E-state index contributed by atoms with van der Waals surface area (Å²) in [7, 11) is 0. The molecule has 25 heavy (non-hydrogen) atoms. The summed E-state index contributed by atoms with van der Waals surface area (Å²) in [5.41, 5.74) is -3.17. The summed E-state index contributed by atoms with van der Waals surface area (Å²) in [5.74, 6) is -2.15. The Balaban J connectivity index is 1.84. The molecule has 0 spiro atoms. The molecule has 0 saturated carbocycles. The van der Waals surface area contributed by atoms with Crippen LogP contribution in [0.15, 0.2) is 36.5 Å². The van der Waals surface area contributed by atoms with Gasteiger partial charge in [-0.1, -0.05) is 12.1 Å². The number of aliphatic hydroxyl groups is 1. The second kappa shape index (κ2) is 6.26. The van der Waals surface area contributed by atoms with Crippen molar-refractivity contribution < 1.29 is 23.1 Å². The van der Waals surface area contributed by atoms with Crippen LogP contribution < -0.4 is 0 Å². The number of aryl methyl sites for hydroxylation is 1. The molecule has 0 aliphatic heterocycles. The topological polar surface area (TPSA) is 50.2 Å². The number of Topliss-reactive ketones (excluding diaryl/α,β-unsaturated/α-hetero) is 1. The van der Waals surface area contributed by atoms with Crippen molar-refractivity contribution >= 4 is 5.78 Å². The van der Waals surface area contributed by atoms with Crippen LogP contribution in [-0.2, 0) is 22.5 Å². The van der Waals surface area contributed by atoms with Gasteiger partial charge in [-0.25, -0.2) is 13.2 Å². The molecule has 0 fully saturated rings. The molecule has 1 aromatic heterocycles. The zero-order valence-electron chi connectivity index (χ0n) is 13.7. The standard InChI is InChI=1S/C19H18F3NO2/c1-18(25)8-9-19(22,14-3-2-10-23-17(14)18)16(24)7-5-12-4-6-13(20)11-15(12)21/h2-4,6,10-11,25H,5,7-9H2,1H3/t18-,19-/m0/s1. The van der Waals surface area contributed by atoms with Crippen molar-refractivity contribution in [1.82, 2.24) is 4.98 Å². The van der Waals surface area contributed by atoms with Gasteiger partial charge in [0.25, 0.3) is 0 Å². The van der Waals surface area contributed by atoms with Gasteiger partial charge in [0.15, 0.2) is 11.5 Å². The summed E-state index contributed by atoms with van der Waals surface area (Å²) in [4.78, 5) is 16.6. The van der Waals surface area contributed by atoms with E-state index >= 15 is 4.39 Å². The third-order valence-corrected chi connectivity index (χ3v) is 4.78. The van der Waals surface area contributed by atoms with Crippen molar-refractivity contribution in [1.29, 1.82) is 0 Å². The van der Waals surface area contributed by atoms with E-state index in [1.165, 1.54) is 31.3 Å². The fourth-order valence-electron chi connectivity index (χ4n) is 3.28. The smallest absolute Gasteiger partial charge is 0.195 e. The molecule has 0 radical (unpaired) electrons. The van der Waals surface area contributed by atoms with Crippen LogP contribution in [0.4, 0.5) is 13.2 Å². The average molecular weight is 349 g/mol. The summed E-state index contributed by atoms with van der Waals surface area (Å²) < 4.78 is 42.1. The van der Waals surface area contributed by atoms with Crippen LogP contribution >= 0.6 is 0 Å². The number of aromatic nitrogens is 1. The minimum atomic E-state index is -2.26. The Morgan fingerprint density at radius 1 is 1.28 bits per heavy atom. The maximum atomic E-state index is 15.5. The SMILES string of the molecule is C[C@]1(O)CC[C@@](F)(C(=O)CCc2ccc(F)cc2F)c2cccnc21. The first-order chi connectivity index (χ1) is 11.7. The van der Waals surface area contributed by atoms with Gasteiger partial charge >= 0.3 is 0 Å². The van der Waals surface area contributed by atoms with Crippen molar-refractivity contribution in [3.63, 3.8) is 0 Å². The molecule has 1 aromatic carbocycles. The van der Waals surface area contributed by atoms with Gasteiger partial charge in [0, 0.05) is 24.2 Å². The number of hydrogen-bond donors (Lipinski definition) is 1. The number of carbonyl (C=O) groups is 1. The number of nitrogens with zero attached hydrogens (tertiary/aromatic N) is 1. The molecule has 0 bridgehead atoms. The number of pyridine rings is 1. The highest BCUT2D eigenvalue weighted by Crippen LogP contribution is 2.46. The average Bonchev–Trinajstić information content (AvgIpc) is 2.58. The second-order valence-electron chi connectivity index (χ2n) is 6.63. The number of alkyl halides is 1. The second-order valence-corrected chi connectivity index (χ2v) is 6.63. The lowest BCUT2D eigenvalue weighted by atomic mass is 9.73.